The van der Waals surface area contributed by atoms with Gasteiger partial charge in [-0.1, -0.05) is 0 Å². The second-order valence-corrected chi connectivity index (χ2v) is 6.54. The van der Waals surface area contributed by atoms with Crippen molar-refractivity contribution in [1.82, 2.24) is 9.80 Å². The van der Waals surface area contributed by atoms with E-state index in [0.717, 1.165) is 26.0 Å². The highest BCUT2D eigenvalue weighted by Gasteiger charge is 2.49. The third-order valence-electron chi connectivity index (χ3n) is 4.48. The van der Waals surface area contributed by atoms with Gasteiger partial charge in [0, 0.05) is 25.7 Å². The highest BCUT2D eigenvalue weighted by Crippen LogP contribution is 2.42. The lowest BCUT2D eigenvalue weighted by atomic mass is 9.95. The molecule has 0 radical (unpaired) electrons. The maximum Gasteiger partial charge on any atom is 0.409 e. The van der Waals surface area contributed by atoms with Crippen LogP contribution in [0.2, 0.25) is 0 Å². The Morgan fingerprint density at radius 3 is 2.80 bits per heavy atom. The van der Waals surface area contributed by atoms with Gasteiger partial charge in [-0.15, -0.1) is 0 Å². The highest BCUT2D eigenvalue weighted by molar-refractivity contribution is 5.66. The monoisotopic (exact) mass is 284 g/mol. The minimum atomic E-state index is -0.250. The van der Waals surface area contributed by atoms with Crippen LogP contribution in [0.4, 0.5) is 4.79 Å². The molecule has 0 aliphatic carbocycles. The molecule has 2 rings (SSSR count). The quantitative estimate of drug-likeness (QED) is 0.775. The summed E-state index contributed by atoms with van der Waals surface area (Å²) in [5, 5.41) is 0. The van der Waals surface area contributed by atoms with Gasteiger partial charge in [0.05, 0.1) is 12.7 Å². The molecule has 20 heavy (non-hydrogen) atoms. The Morgan fingerprint density at radius 1 is 1.40 bits per heavy atom. The first kappa shape index (κ1) is 15.6. The molecule has 5 nitrogen and oxygen atoms in total. The van der Waals surface area contributed by atoms with Crippen LogP contribution in [-0.2, 0) is 9.47 Å². The first-order valence-electron chi connectivity index (χ1n) is 7.67. The number of nitrogens with zero attached hydrogens (tertiary/aromatic N) is 2. The average Bonchev–Trinajstić information content (AvgIpc) is 2.92. The van der Waals surface area contributed by atoms with E-state index in [2.05, 4.69) is 18.7 Å². The zero-order valence-electron chi connectivity index (χ0n) is 13.2. The predicted molar refractivity (Wildman–Crippen MR) is 77.8 cm³/mol. The molecule has 0 spiro atoms. The third-order valence-corrected chi connectivity index (χ3v) is 4.48. The summed E-state index contributed by atoms with van der Waals surface area (Å²) in [6.07, 6.45) is 4.71. The number of rotatable bonds is 5. The van der Waals surface area contributed by atoms with Crippen LogP contribution in [0.15, 0.2) is 0 Å². The first-order chi connectivity index (χ1) is 9.44. The Kier molecular flexibility index (Phi) is 4.91. The molecule has 0 N–H and O–H groups in total. The van der Waals surface area contributed by atoms with E-state index in [1.807, 2.05) is 0 Å². The van der Waals surface area contributed by atoms with Crippen molar-refractivity contribution >= 4 is 6.09 Å². The largest absolute Gasteiger partial charge is 0.448 e. The summed E-state index contributed by atoms with van der Waals surface area (Å²) in [5.74, 6) is 0. The normalized spacial score (nSPS) is 29.8. The molecule has 2 heterocycles. The van der Waals surface area contributed by atoms with E-state index in [4.69, 9.17) is 9.47 Å². The standard InChI is InChI=1S/C15H28N2O3/c1-12(2)20-11-15-7-5-9-17(15)13(6-8-15)10-19-14(18)16(3)4/h12-13H,5-11H2,1-4H3/t13-,15?/m0/s1. The van der Waals surface area contributed by atoms with Crippen LogP contribution in [0.5, 0.6) is 0 Å². The maximum absolute atomic E-state index is 11.5. The molecule has 5 heteroatoms. The summed E-state index contributed by atoms with van der Waals surface area (Å²) in [7, 11) is 3.43. The van der Waals surface area contributed by atoms with E-state index in [1.165, 1.54) is 17.7 Å². The molecule has 2 aliphatic rings. The number of fused-ring (bicyclic) bond motifs is 1. The van der Waals surface area contributed by atoms with Crippen LogP contribution in [-0.4, -0.2) is 67.4 Å². The molecule has 1 amide bonds. The van der Waals surface area contributed by atoms with E-state index in [-0.39, 0.29) is 17.7 Å². The number of ether oxygens (including phenoxy) is 2. The molecule has 2 aliphatic heterocycles. The predicted octanol–water partition coefficient (Wildman–Crippen LogP) is 2.11. The van der Waals surface area contributed by atoms with Gasteiger partial charge in [0.15, 0.2) is 0 Å². The third kappa shape index (κ3) is 3.26. The molecule has 0 bridgehead atoms. The molecule has 2 saturated heterocycles. The van der Waals surface area contributed by atoms with Gasteiger partial charge in [-0.05, 0) is 46.1 Å². The Hall–Kier alpha value is -0.810. The second-order valence-electron chi connectivity index (χ2n) is 6.54. The van der Waals surface area contributed by atoms with Crippen molar-refractivity contribution in [2.75, 3.05) is 33.9 Å². The Morgan fingerprint density at radius 2 is 2.15 bits per heavy atom. The van der Waals surface area contributed by atoms with Gasteiger partial charge in [0.25, 0.3) is 0 Å². The number of amides is 1. The minimum Gasteiger partial charge on any atom is -0.448 e. The van der Waals surface area contributed by atoms with Crippen molar-refractivity contribution in [3.05, 3.63) is 0 Å². The summed E-state index contributed by atoms with van der Waals surface area (Å²) < 4.78 is 11.3. The molecular formula is C15H28N2O3. The second kappa shape index (κ2) is 6.31. The van der Waals surface area contributed by atoms with Crippen molar-refractivity contribution in [2.45, 2.75) is 57.2 Å². The number of hydrogen-bond acceptors (Lipinski definition) is 4. The molecule has 2 fully saturated rings. The van der Waals surface area contributed by atoms with Crippen molar-refractivity contribution < 1.29 is 14.3 Å². The molecule has 116 valence electrons. The fourth-order valence-corrected chi connectivity index (χ4v) is 3.41. The van der Waals surface area contributed by atoms with Crippen molar-refractivity contribution in [2.24, 2.45) is 0 Å². The van der Waals surface area contributed by atoms with Gasteiger partial charge in [-0.3, -0.25) is 4.90 Å². The van der Waals surface area contributed by atoms with Crippen LogP contribution in [0.1, 0.15) is 39.5 Å². The lowest BCUT2D eigenvalue weighted by molar-refractivity contribution is -0.0121. The van der Waals surface area contributed by atoms with Gasteiger partial charge >= 0.3 is 6.09 Å². The van der Waals surface area contributed by atoms with Crippen molar-refractivity contribution in [1.29, 1.82) is 0 Å². The Bertz CT molecular complexity index is 346. The molecule has 0 aromatic heterocycles. The van der Waals surface area contributed by atoms with E-state index in [0.29, 0.717) is 12.6 Å². The highest BCUT2D eigenvalue weighted by atomic mass is 16.6. The average molecular weight is 284 g/mol. The van der Waals surface area contributed by atoms with Gasteiger partial charge in [0.1, 0.15) is 6.61 Å². The molecular weight excluding hydrogens is 256 g/mol. The van der Waals surface area contributed by atoms with Gasteiger partial charge in [0.2, 0.25) is 0 Å². The van der Waals surface area contributed by atoms with Crippen LogP contribution < -0.4 is 0 Å². The van der Waals surface area contributed by atoms with Gasteiger partial charge in [-0.25, -0.2) is 4.79 Å². The van der Waals surface area contributed by atoms with E-state index in [1.54, 1.807) is 14.1 Å². The fourth-order valence-electron chi connectivity index (χ4n) is 3.41. The fraction of sp³-hybridized carbons (Fsp3) is 0.933. The van der Waals surface area contributed by atoms with Crippen LogP contribution in [0.3, 0.4) is 0 Å². The molecule has 0 aromatic carbocycles. The Labute approximate surface area is 122 Å². The van der Waals surface area contributed by atoms with E-state index >= 15 is 0 Å². The van der Waals surface area contributed by atoms with Gasteiger partial charge < -0.3 is 14.4 Å². The van der Waals surface area contributed by atoms with Crippen LogP contribution in [0.25, 0.3) is 0 Å². The minimum absolute atomic E-state index is 0.194. The lowest BCUT2D eigenvalue weighted by Crippen LogP contribution is -2.47. The summed E-state index contributed by atoms with van der Waals surface area (Å²) in [6.45, 7) is 6.58. The maximum atomic E-state index is 11.5. The number of carbonyl (C=O) groups excluding carboxylic acids is 1. The van der Waals surface area contributed by atoms with Crippen molar-refractivity contribution in [3.63, 3.8) is 0 Å². The Balaban J connectivity index is 1.90. The van der Waals surface area contributed by atoms with Crippen LogP contribution in [0, 0.1) is 0 Å². The lowest BCUT2D eigenvalue weighted by Gasteiger charge is -2.35. The molecule has 0 saturated carbocycles. The summed E-state index contributed by atoms with van der Waals surface area (Å²) in [4.78, 5) is 15.6. The SMILES string of the molecule is CC(C)OCC12CCCN1[C@H](COC(=O)N(C)C)CC2. The van der Waals surface area contributed by atoms with Crippen LogP contribution >= 0.6 is 0 Å². The summed E-state index contributed by atoms with van der Waals surface area (Å²) >= 11 is 0. The summed E-state index contributed by atoms with van der Waals surface area (Å²) in [5.41, 5.74) is 0.194. The number of carbonyl (C=O) groups is 1. The molecule has 1 unspecified atom stereocenters. The first-order valence-corrected chi connectivity index (χ1v) is 7.67. The smallest absolute Gasteiger partial charge is 0.409 e. The topological polar surface area (TPSA) is 42.0 Å². The summed E-state index contributed by atoms with van der Waals surface area (Å²) in [6, 6.07) is 0.358. The molecule has 2 atom stereocenters. The van der Waals surface area contributed by atoms with E-state index < -0.39 is 0 Å². The zero-order valence-corrected chi connectivity index (χ0v) is 13.2. The number of hydrogen-bond donors (Lipinski definition) is 0. The molecule has 0 aromatic rings. The van der Waals surface area contributed by atoms with Gasteiger partial charge in [-0.2, -0.15) is 0 Å². The zero-order chi connectivity index (χ0) is 14.8. The van der Waals surface area contributed by atoms with E-state index in [9.17, 15) is 4.79 Å². The van der Waals surface area contributed by atoms with Crippen molar-refractivity contribution in [3.8, 4) is 0 Å².